The summed E-state index contributed by atoms with van der Waals surface area (Å²) in [6.07, 6.45) is 5.12. The Morgan fingerprint density at radius 3 is 2.33 bits per heavy atom. The predicted molar refractivity (Wildman–Crippen MR) is 75.2 cm³/mol. The minimum absolute atomic E-state index is 0.190. The second kappa shape index (κ2) is 6.44. The molecule has 1 amide bonds. The van der Waals surface area contributed by atoms with Crippen molar-refractivity contribution >= 4 is 29.1 Å². The Morgan fingerprint density at radius 1 is 1.06 bits per heavy atom. The Balaban J connectivity index is 1.99. The molecule has 0 saturated carbocycles. The van der Waals surface area contributed by atoms with Gasteiger partial charge in [-0.05, 0) is 30.5 Å². The minimum Gasteiger partial charge on any atom is -0.342 e. The Bertz CT molecular complexity index is 426. The molecule has 1 aliphatic rings. The first-order chi connectivity index (χ1) is 8.66. The number of benzene rings is 1. The van der Waals surface area contributed by atoms with E-state index >= 15 is 0 Å². The van der Waals surface area contributed by atoms with E-state index in [0.717, 1.165) is 31.5 Å². The lowest BCUT2D eigenvalue weighted by molar-refractivity contribution is -0.130. The molecule has 1 saturated heterocycles. The van der Waals surface area contributed by atoms with Gasteiger partial charge in [0, 0.05) is 13.1 Å². The summed E-state index contributed by atoms with van der Waals surface area (Å²) >= 11 is 11.8. The number of carbonyl (C=O) groups excluding carboxylic acids is 1. The van der Waals surface area contributed by atoms with E-state index in [1.165, 1.54) is 12.8 Å². The van der Waals surface area contributed by atoms with Crippen LogP contribution in [0.5, 0.6) is 0 Å². The molecule has 0 spiro atoms. The van der Waals surface area contributed by atoms with Gasteiger partial charge in [0.25, 0.3) is 0 Å². The number of hydrogen-bond acceptors (Lipinski definition) is 1. The van der Waals surface area contributed by atoms with Crippen LogP contribution in [0.4, 0.5) is 0 Å². The van der Waals surface area contributed by atoms with Crippen molar-refractivity contribution in [2.45, 2.75) is 32.1 Å². The summed E-state index contributed by atoms with van der Waals surface area (Å²) in [6.45, 7) is 1.78. The van der Waals surface area contributed by atoms with Crippen molar-refractivity contribution in [3.05, 3.63) is 33.8 Å². The number of hydrogen-bond donors (Lipinski definition) is 0. The number of amides is 1. The predicted octanol–water partition coefficient (Wildman–Crippen LogP) is 3.94. The van der Waals surface area contributed by atoms with Gasteiger partial charge in [-0.2, -0.15) is 0 Å². The van der Waals surface area contributed by atoms with Gasteiger partial charge in [-0.15, -0.1) is 0 Å². The van der Waals surface area contributed by atoms with E-state index in [4.69, 9.17) is 23.2 Å². The SMILES string of the molecule is O=C(Cc1ccc(Cl)c(Cl)c1)N1CCCCCC1. The topological polar surface area (TPSA) is 20.3 Å². The molecule has 4 heteroatoms. The largest absolute Gasteiger partial charge is 0.342 e. The van der Waals surface area contributed by atoms with Crippen LogP contribution in [-0.2, 0) is 11.2 Å². The average molecular weight is 286 g/mol. The summed E-state index contributed by atoms with van der Waals surface area (Å²) in [5, 5.41) is 1.04. The lowest BCUT2D eigenvalue weighted by atomic mass is 10.1. The third-order valence-electron chi connectivity index (χ3n) is 3.30. The van der Waals surface area contributed by atoms with Gasteiger partial charge in [-0.1, -0.05) is 42.1 Å². The second-order valence-corrected chi connectivity index (χ2v) is 5.53. The van der Waals surface area contributed by atoms with Gasteiger partial charge in [-0.25, -0.2) is 0 Å². The fourth-order valence-electron chi connectivity index (χ4n) is 2.26. The Kier molecular flexibility index (Phi) is 4.90. The summed E-state index contributed by atoms with van der Waals surface area (Å²) in [4.78, 5) is 14.1. The average Bonchev–Trinajstić information content (AvgIpc) is 2.62. The Labute approximate surface area is 118 Å². The summed E-state index contributed by atoms with van der Waals surface area (Å²) in [6, 6.07) is 5.39. The van der Waals surface area contributed by atoms with E-state index < -0.39 is 0 Å². The molecule has 1 fully saturated rings. The summed E-state index contributed by atoms with van der Waals surface area (Å²) in [7, 11) is 0. The number of rotatable bonds is 2. The molecule has 0 unspecified atom stereocenters. The quantitative estimate of drug-likeness (QED) is 0.806. The molecule has 0 aromatic heterocycles. The van der Waals surface area contributed by atoms with E-state index in [0.29, 0.717) is 16.5 Å². The first kappa shape index (κ1) is 13.7. The van der Waals surface area contributed by atoms with Crippen LogP contribution in [-0.4, -0.2) is 23.9 Å². The highest BCUT2D eigenvalue weighted by molar-refractivity contribution is 6.42. The van der Waals surface area contributed by atoms with Crippen molar-refractivity contribution in [3.8, 4) is 0 Å². The molecule has 0 N–H and O–H groups in total. The van der Waals surface area contributed by atoms with Crippen LogP contribution in [0.15, 0.2) is 18.2 Å². The van der Waals surface area contributed by atoms with Crippen molar-refractivity contribution in [2.75, 3.05) is 13.1 Å². The molecule has 1 aromatic rings. The van der Waals surface area contributed by atoms with Gasteiger partial charge in [0.15, 0.2) is 0 Å². The molecule has 1 aromatic carbocycles. The first-order valence-corrected chi connectivity index (χ1v) is 7.14. The lowest BCUT2D eigenvalue weighted by Crippen LogP contribution is -2.33. The van der Waals surface area contributed by atoms with Crippen LogP contribution in [0.2, 0.25) is 10.0 Å². The molecule has 1 aliphatic heterocycles. The molecule has 0 atom stereocenters. The molecular weight excluding hydrogens is 269 g/mol. The molecule has 2 rings (SSSR count). The normalized spacial score (nSPS) is 16.4. The van der Waals surface area contributed by atoms with Gasteiger partial charge in [0.1, 0.15) is 0 Å². The molecule has 2 nitrogen and oxygen atoms in total. The monoisotopic (exact) mass is 285 g/mol. The maximum atomic E-state index is 12.2. The summed E-state index contributed by atoms with van der Waals surface area (Å²) < 4.78 is 0. The molecule has 0 aliphatic carbocycles. The van der Waals surface area contributed by atoms with Gasteiger partial charge in [-0.3, -0.25) is 4.79 Å². The summed E-state index contributed by atoms with van der Waals surface area (Å²) in [5.41, 5.74) is 0.929. The van der Waals surface area contributed by atoms with Gasteiger partial charge in [0.2, 0.25) is 5.91 Å². The standard InChI is InChI=1S/C14H17Cl2NO/c15-12-6-5-11(9-13(12)16)10-14(18)17-7-3-1-2-4-8-17/h5-6,9H,1-4,7-8,10H2. The van der Waals surface area contributed by atoms with Crippen LogP contribution < -0.4 is 0 Å². The van der Waals surface area contributed by atoms with E-state index in [9.17, 15) is 4.79 Å². The third kappa shape index (κ3) is 3.63. The first-order valence-electron chi connectivity index (χ1n) is 6.38. The molecular formula is C14H17Cl2NO. The van der Waals surface area contributed by atoms with Crippen LogP contribution in [0.25, 0.3) is 0 Å². The van der Waals surface area contributed by atoms with Crippen molar-refractivity contribution < 1.29 is 4.79 Å². The van der Waals surface area contributed by atoms with Crippen molar-refractivity contribution in [2.24, 2.45) is 0 Å². The van der Waals surface area contributed by atoms with E-state index in [1.807, 2.05) is 11.0 Å². The molecule has 0 bridgehead atoms. The van der Waals surface area contributed by atoms with Gasteiger partial charge < -0.3 is 4.90 Å². The fraction of sp³-hybridized carbons (Fsp3) is 0.500. The number of nitrogens with zero attached hydrogens (tertiary/aromatic N) is 1. The zero-order valence-corrected chi connectivity index (χ0v) is 11.8. The number of carbonyl (C=O) groups is 1. The lowest BCUT2D eigenvalue weighted by Gasteiger charge is -2.20. The van der Waals surface area contributed by atoms with Crippen molar-refractivity contribution in [1.29, 1.82) is 0 Å². The maximum absolute atomic E-state index is 12.2. The number of halogens is 2. The van der Waals surface area contributed by atoms with E-state index in [-0.39, 0.29) is 5.91 Å². The molecule has 18 heavy (non-hydrogen) atoms. The number of likely N-dealkylation sites (tertiary alicyclic amines) is 1. The van der Waals surface area contributed by atoms with Crippen molar-refractivity contribution in [3.63, 3.8) is 0 Å². The van der Waals surface area contributed by atoms with Crippen molar-refractivity contribution in [1.82, 2.24) is 4.90 Å². The van der Waals surface area contributed by atoms with Gasteiger partial charge >= 0.3 is 0 Å². The minimum atomic E-state index is 0.190. The van der Waals surface area contributed by atoms with E-state index in [1.54, 1.807) is 12.1 Å². The maximum Gasteiger partial charge on any atom is 0.226 e. The highest BCUT2D eigenvalue weighted by Crippen LogP contribution is 2.23. The van der Waals surface area contributed by atoms with Crippen LogP contribution in [0.1, 0.15) is 31.2 Å². The van der Waals surface area contributed by atoms with Gasteiger partial charge in [0.05, 0.1) is 16.5 Å². The fourth-order valence-corrected chi connectivity index (χ4v) is 2.58. The van der Waals surface area contributed by atoms with Crippen LogP contribution >= 0.6 is 23.2 Å². The smallest absolute Gasteiger partial charge is 0.226 e. The highest BCUT2D eigenvalue weighted by Gasteiger charge is 2.16. The van der Waals surface area contributed by atoms with Crippen LogP contribution in [0, 0.1) is 0 Å². The summed E-state index contributed by atoms with van der Waals surface area (Å²) in [5.74, 6) is 0.190. The van der Waals surface area contributed by atoms with E-state index in [2.05, 4.69) is 0 Å². The Morgan fingerprint density at radius 2 is 1.72 bits per heavy atom. The highest BCUT2D eigenvalue weighted by atomic mass is 35.5. The third-order valence-corrected chi connectivity index (χ3v) is 4.04. The zero-order valence-electron chi connectivity index (χ0n) is 10.3. The molecule has 98 valence electrons. The second-order valence-electron chi connectivity index (χ2n) is 4.72. The van der Waals surface area contributed by atoms with Crippen LogP contribution in [0.3, 0.4) is 0 Å². The molecule has 1 heterocycles. The zero-order chi connectivity index (χ0) is 13.0. The molecule has 0 radical (unpaired) electrons. The Hall–Kier alpha value is -0.730.